The molecule has 12 heteroatoms. The van der Waals surface area contributed by atoms with Gasteiger partial charge >= 0.3 is 6.03 Å². The highest BCUT2D eigenvalue weighted by Crippen LogP contribution is 2.36. The molecule has 0 aliphatic carbocycles. The number of nitrogens with zero attached hydrogens (tertiary/aromatic N) is 1. The number of carbonyl (C=O) groups excluding carboxylic acids is 4. The Morgan fingerprint density at radius 1 is 1.07 bits per heavy atom. The minimum Gasteiger partial charge on any atom is -0.490 e. The average Bonchev–Trinajstić information content (AvgIpc) is 2.90. The lowest BCUT2D eigenvalue weighted by molar-refractivity contribution is -0.122. The van der Waals surface area contributed by atoms with Crippen molar-refractivity contribution < 1.29 is 28.7 Å². The Morgan fingerprint density at radius 3 is 2.50 bits per heavy atom. The molecule has 0 spiro atoms. The number of hydrogen-bond donors (Lipinski definition) is 2. The Hall–Kier alpha value is -3.61. The number of rotatable bonds is 8. The second-order valence-corrected chi connectivity index (χ2v) is 10.5. The maximum atomic E-state index is 13.3. The highest BCUT2D eigenvalue weighted by atomic mass is 127. The Morgan fingerprint density at radius 2 is 1.80 bits per heavy atom. The first kappa shape index (κ1) is 29.4. The van der Waals surface area contributed by atoms with Crippen molar-refractivity contribution >= 4 is 87.0 Å². The van der Waals surface area contributed by atoms with Crippen LogP contribution in [-0.4, -0.2) is 37.0 Å². The van der Waals surface area contributed by atoms with E-state index in [-0.39, 0.29) is 17.9 Å². The number of barbiturate groups is 1. The zero-order valence-electron chi connectivity index (χ0n) is 21.2. The van der Waals surface area contributed by atoms with Crippen LogP contribution >= 0.6 is 45.8 Å². The second kappa shape index (κ2) is 12.7. The summed E-state index contributed by atoms with van der Waals surface area (Å²) in [6, 6.07) is 13.8. The minimum atomic E-state index is -0.872. The molecule has 3 aromatic rings. The molecule has 2 N–H and O–H groups in total. The minimum absolute atomic E-state index is 0.256. The van der Waals surface area contributed by atoms with Crippen molar-refractivity contribution in [3.8, 4) is 11.5 Å². The van der Waals surface area contributed by atoms with Gasteiger partial charge in [0.25, 0.3) is 17.7 Å². The number of hydrogen-bond acceptors (Lipinski definition) is 6. The van der Waals surface area contributed by atoms with Gasteiger partial charge in [0, 0.05) is 15.7 Å². The molecule has 5 amide bonds. The Labute approximate surface area is 253 Å². The number of carbonyl (C=O) groups is 4. The molecule has 0 bridgehead atoms. The van der Waals surface area contributed by atoms with Gasteiger partial charge in [0.15, 0.2) is 18.1 Å². The second-order valence-electron chi connectivity index (χ2n) is 8.45. The van der Waals surface area contributed by atoms with Crippen LogP contribution in [0.5, 0.6) is 11.5 Å². The van der Waals surface area contributed by atoms with Crippen LogP contribution in [0.15, 0.2) is 60.2 Å². The van der Waals surface area contributed by atoms with Gasteiger partial charge in [0.1, 0.15) is 5.57 Å². The van der Waals surface area contributed by atoms with Crippen molar-refractivity contribution in [3.63, 3.8) is 0 Å². The third kappa shape index (κ3) is 6.57. The van der Waals surface area contributed by atoms with Crippen LogP contribution in [0, 0.1) is 10.5 Å². The van der Waals surface area contributed by atoms with Crippen molar-refractivity contribution in [2.75, 3.05) is 23.4 Å². The fraction of sp³-hybridized carbons (Fsp3) is 0.143. The molecule has 0 aromatic heterocycles. The van der Waals surface area contributed by atoms with Crippen molar-refractivity contribution in [1.82, 2.24) is 5.32 Å². The molecule has 206 valence electrons. The fourth-order valence-electron chi connectivity index (χ4n) is 3.82. The lowest BCUT2D eigenvalue weighted by Gasteiger charge is -2.27. The molecule has 1 saturated heterocycles. The maximum absolute atomic E-state index is 13.3. The summed E-state index contributed by atoms with van der Waals surface area (Å²) in [7, 11) is 0. The van der Waals surface area contributed by atoms with Crippen LogP contribution in [0.4, 0.5) is 16.2 Å². The van der Waals surface area contributed by atoms with Crippen molar-refractivity contribution in [2.45, 2.75) is 13.8 Å². The van der Waals surface area contributed by atoms with Gasteiger partial charge in [0.2, 0.25) is 0 Å². The Balaban J connectivity index is 1.60. The molecule has 0 unspecified atom stereocenters. The van der Waals surface area contributed by atoms with E-state index in [0.29, 0.717) is 48.5 Å². The van der Waals surface area contributed by atoms with Gasteiger partial charge in [0.05, 0.1) is 15.9 Å². The molecular weight excluding hydrogens is 672 g/mol. The van der Waals surface area contributed by atoms with E-state index in [1.807, 2.05) is 22.6 Å². The van der Waals surface area contributed by atoms with Crippen LogP contribution < -0.4 is 25.0 Å². The average molecular weight is 694 g/mol. The van der Waals surface area contributed by atoms with Gasteiger partial charge in [-0.05, 0) is 102 Å². The van der Waals surface area contributed by atoms with Crippen LogP contribution in [0.25, 0.3) is 6.08 Å². The van der Waals surface area contributed by atoms with Gasteiger partial charge in [-0.25, -0.2) is 9.69 Å². The normalized spacial score (nSPS) is 14.3. The summed E-state index contributed by atoms with van der Waals surface area (Å²) in [6.45, 7) is 3.45. The van der Waals surface area contributed by atoms with Crippen LogP contribution in [0.1, 0.15) is 18.1 Å². The number of imide groups is 2. The quantitative estimate of drug-likeness (QED) is 0.170. The van der Waals surface area contributed by atoms with Crippen molar-refractivity contribution in [3.05, 3.63) is 84.9 Å². The molecule has 9 nitrogen and oxygen atoms in total. The van der Waals surface area contributed by atoms with Gasteiger partial charge < -0.3 is 14.8 Å². The molecule has 0 saturated carbocycles. The van der Waals surface area contributed by atoms with E-state index in [1.54, 1.807) is 68.4 Å². The third-order valence-corrected chi connectivity index (χ3v) is 7.16. The van der Waals surface area contributed by atoms with Crippen LogP contribution in [0.3, 0.4) is 0 Å². The van der Waals surface area contributed by atoms with E-state index in [4.69, 9.17) is 32.7 Å². The third-order valence-electron chi connectivity index (χ3n) is 5.70. The van der Waals surface area contributed by atoms with E-state index in [2.05, 4.69) is 10.6 Å². The number of urea groups is 1. The smallest absolute Gasteiger partial charge is 0.335 e. The molecule has 0 atom stereocenters. The molecular formula is C28H22Cl2IN3O6. The molecule has 1 aliphatic rings. The highest BCUT2D eigenvalue weighted by Gasteiger charge is 2.37. The van der Waals surface area contributed by atoms with Crippen molar-refractivity contribution in [1.29, 1.82) is 0 Å². The lowest BCUT2D eigenvalue weighted by atomic mass is 10.1. The van der Waals surface area contributed by atoms with Gasteiger partial charge in [-0.15, -0.1) is 0 Å². The zero-order valence-corrected chi connectivity index (χ0v) is 24.9. The summed E-state index contributed by atoms with van der Waals surface area (Å²) in [5, 5.41) is 5.84. The number of anilines is 2. The SMILES string of the molecule is CCOc1cc(/C=C2\C(=O)NC(=O)N(c3cccc(Cl)c3C)C2=O)cc(I)c1OCC(=O)Nc1ccc(Cl)cc1. The first-order chi connectivity index (χ1) is 19.1. The molecule has 1 fully saturated rings. The van der Waals surface area contributed by atoms with Crippen LogP contribution in [-0.2, 0) is 14.4 Å². The van der Waals surface area contributed by atoms with E-state index in [9.17, 15) is 19.2 Å². The van der Waals surface area contributed by atoms with Gasteiger partial charge in [-0.2, -0.15) is 0 Å². The molecule has 40 heavy (non-hydrogen) atoms. The zero-order chi connectivity index (χ0) is 29.0. The van der Waals surface area contributed by atoms with Gasteiger partial charge in [-0.3, -0.25) is 19.7 Å². The van der Waals surface area contributed by atoms with E-state index < -0.39 is 23.8 Å². The summed E-state index contributed by atoms with van der Waals surface area (Å²) in [5.41, 5.74) is 1.53. The summed E-state index contributed by atoms with van der Waals surface area (Å²) in [6.07, 6.45) is 1.36. The topological polar surface area (TPSA) is 114 Å². The van der Waals surface area contributed by atoms with E-state index >= 15 is 0 Å². The predicted octanol–water partition coefficient (Wildman–Crippen LogP) is 5.99. The predicted molar refractivity (Wildman–Crippen MR) is 161 cm³/mol. The summed E-state index contributed by atoms with van der Waals surface area (Å²) < 4.78 is 12.1. The number of amides is 5. The molecule has 3 aromatic carbocycles. The molecule has 1 aliphatic heterocycles. The standard InChI is InChI=1S/C28H22Cl2IN3O6/c1-3-39-23-13-16(12-21(31)25(23)40-14-24(35)32-18-9-7-17(29)8-10-18)11-19-26(36)33-28(38)34(27(19)37)22-6-4-5-20(30)15(22)2/h4-13H,3,14H2,1-2H3,(H,32,35)(H,33,36,38)/b19-11+. The summed E-state index contributed by atoms with van der Waals surface area (Å²) >= 11 is 14.1. The number of ether oxygens (including phenoxy) is 2. The summed E-state index contributed by atoms with van der Waals surface area (Å²) in [4.78, 5) is 51.9. The number of nitrogens with one attached hydrogen (secondary N) is 2. The molecule has 1 heterocycles. The maximum Gasteiger partial charge on any atom is 0.335 e. The number of benzene rings is 3. The van der Waals surface area contributed by atoms with Crippen LogP contribution in [0.2, 0.25) is 10.0 Å². The Bertz CT molecular complexity index is 1540. The monoisotopic (exact) mass is 693 g/mol. The highest BCUT2D eigenvalue weighted by molar-refractivity contribution is 14.1. The lowest BCUT2D eigenvalue weighted by Crippen LogP contribution is -2.54. The fourth-order valence-corrected chi connectivity index (χ4v) is 4.90. The Kier molecular flexibility index (Phi) is 9.33. The molecule has 0 radical (unpaired) electrons. The largest absolute Gasteiger partial charge is 0.490 e. The van der Waals surface area contributed by atoms with Gasteiger partial charge in [-0.1, -0.05) is 29.3 Å². The van der Waals surface area contributed by atoms with E-state index in [1.165, 1.54) is 6.08 Å². The van der Waals surface area contributed by atoms with Crippen molar-refractivity contribution in [2.24, 2.45) is 0 Å². The first-order valence-corrected chi connectivity index (χ1v) is 13.7. The van der Waals surface area contributed by atoms with E-state index in [0.717, 1.165) is 4.90 Å². The molecule has 4 rings (SSSR count). The summed E-state index contributed by atoms with van der Waals surface area (Å²) in [5.74, 6) is -1.40. The first-order valence-electron chi connectivity index (χ1n) is 11.9. The number of halogens is 3.